The van der Waals surface area contributed by atoms with Crippen molar-refractivity contribution in [3.05, 3.63) is 59.4 Å². The van der Waals surface area contributed by atoms with Crippen LogP contribution < -0.4 is 5.32 Å². The van der Waals surface area contributed by atoms with Crippen LogP contribution in [-0.4, -0.2) is 16.1 Å². The molecule has 92 valence electrons. The Morgan fingerprint density at radius 3 is 2.44 bits per heavy atom. The number of aromatic hydroxyl groups is 1. The van der Waals surface area contributed by atoms with Gasteiger partial charge in [-0.3, -0.25) is 4.98 Å². The topological polar surface area (TPSA) is 45.1 Å². The van der Waals surface area contributed by atoms with Crippen LogP contribution in [0.3, 0.4) is 0 Å². The first-order chi connectivity index (χ1) is 8.81. The lowest BCUT2D eigenvalue weighted by atomic mass is 10.1. The molecule has 0 aliphatic heterocycles. The summed E-state index contributed by atoms with van der Waals surface area (Å²) in [6.45, 7) is 0.749. The normalized spacial score (nSPS) is 14.7. The fraction of sp³-hybridized carbons (Fsp3) is 0.267. The van der Waals surface area contributed by atoms with E-state index in [9.17, 15) is 5.11 Å². The summed E-state index contributed by atoms with van der Waals surface area (Å²) in [6.07, 6.45) is 3.67. The summed E-state index contributed by atoms with van der Waals surface area (Å²) in [7, 11) is 0. The van der Waals surface area contributed by atoms with Gasteiger partial charge in [0.1, 0.15) is 5.75 Å². The van der Waals surface area contributed by atoms with E-state index in [0.29, 0.717) is 6.04 Å². The molecule has 18 heavy (non-hydrogen) atoms. The van der Waals surface area contributed by atoms with Crippen LogP contribution in [0.5, 0.6) is 5.75 Å². The van der Waals surface area contributed by atoms with E-state index in [1.54, 1.807) is 6.07 Å². The summed E-state index contributed by atoms with van der Waals surface area (Å²) < 4.78 is 0. The predicted molar refractivity (Wildman–Crippen MR) is 70.4 cm³/mol. The SMILES string of the molecule is Oc1ccc(CNC2Cc3ccccc3C2)nc1. The number of rotatable bonds is 3. The molecule has 2 N–H and O–H groups in total. The zero-order valence-electron chi connectivity index (χ0n) is 10.1. The average Bonchev–Trinajstić information content (AvgIpc) is 2.81. The first kappa shape index (κ1) is 11.2. The molecule has 0 spiro atoms. The van der Waals surface area contributed by atoms with E-state index < -0.39 is 0 Å². The number of pyridine rings is 1. The molecule has 1 aromatic carbocycles. The van der Waals surface area contributed by atoms with E-state index in [-0.39, 0.29) is 5.75 Å². The van der Waals surface area contributed by atoms with Crippen molar-refractivity contribution in [2.24, 2.45) is 0 Å². The zero-order chi connectivity index (χ0) is 12.4. The molecule has 0 atom stereocenters. The molecule has 0 amide bonds. The van der Waals surface area contributed by atoms with Gasteiger partial charge in [0.2, 0.25) is 0 Å². The van der Waals surface area contributed by atoms with Crippen molar-refractivity contribution in [3.63, 3.8) is 0 Å². The monoisotopic (exact) mass is 240 g/mol. The number of nitrogens with one attached hydrogen (secondary N) is 1. The maximum atomic E-state index is 9.17. The fourth-order valence-corrected chi connectivity index (χ4v) is 2.47. The lowest BCUT2D eigenvalue weighted by Crippen LogP contribution is -2.29. The Balaban J connectivity index is 1.58. The number of nitrogens with zero attached hydrogens (tertiary/aromatic N) is 1. The number of aromatic nitrogens is 1. The number of fused-ring (bicyclic) bond motifs is 1. The molecule has 0 radical (unpaired) electrons. The Morgan fingerprint density at radius 2 is 1.83 bits per heavy atom. The third kappa shape index (κ3) is 2.36. The summed E-state index contributed by atoms with van der Waals surface area (Å²) >= 11 is 0. The molecule has 2 aromatic rings. The van der Waals surface area contributed by atoms with Crippen LogP contribution in [0.15, 0.2) is 42.6 Å². The smallest absolute Gasteiger partial charge is 0.133 e. The summed E-state index contributed by atoms with van der Waals surface area (Å²) in [5, 5.41) is 12.7. The molecule has 1 heterocycles. The number of hydrogen-bond donors (Lipinski definition) is 2. The highest BCUT2D eigenvalue weighted by molar-refractivity contribution is 5.33. The molecular weight excluding hydrogens is 224 g/mol. The van der Waals surface area contributed by atoms with Crippen molar-refractivity contribution < 1.29 is 5.11 Å². The minimum absolute atomic E-state index is 0.215. The predicted octanol–water partition coefficient (Wildman–Crippen LogP) is 2.04. The quantitative estimate of drug-likeness (QED) is 0.863. The molecule has 0 bridgehead atoms. The van der Waals surface area contributed by atoms with E-state index in [0.717, 1.165) is 25.1 Å². The van der Waals surface area contributed by atoms with E-state index in [2.05, 4.69) is 34.6 Å². The van der Waals surface area contributed by atoms with Crippen LogP contribution in [0.4, 0.5) is 0 Å². The van der Waals surface area contributed by atoms with Gasteiger partial charge in [-0.15, -0.1) is 0 Å². The molecule has 0 saturated heterocycles. The van der Waals surface area contributed by atoms with Crippen molar-refractivity contribution in [1.29, 1.82) is 0 Å². The van der Waals surface area contributed by atoms with E-state index >= 15 is 0 Å². The summed E-state index contributed by atoms with van der Waals surface area (Å²) in [4.78, 5) is 4.18. The van der Waals surface area contributed by atoms with Crippen molar-refractivity contribution >= 4 is 0 Å². The van der Waals surface area contributed by atoms with Crippen molar-refractivity contribution in [1.82, 2.24) is 10.3 Å². The largest absolute Gasteiger partial charge is 0.506 e. The van der Waals surface area contributed by atoms with Gasteiger partial charge in [0, 0.05) is 12.6 Å². The molecule has 0 saturated carbocycles. The second-order valence-corrected chi connectivity index (χ2v) is 4.76. The molecule has 3 rings (SSSR count). The summed E-state index contributed by atoms with van der Waals surface area (Å²) in [6, 6.07) is 12.6. The maximum Gasteiger partial charge on any atom is 0.133 e. The Hall–Kier alpha value is -1.87. The van der Waals surface area contributed by atoms with Crippen molar-refractivity contribution in [2.75, 3.05) is 0 Å². The molecule has 1 aliphatic rings. The van der Waals surface area contributed by atoms with Crippen molar-refractivity contribution in [3.8, 4) is 5.75 Å². The Bertz CT molecular complexity index is 511. The third-order valence-corrected chi connectivity index (χ3v) is 3.43. The minimum Gasteiger partial charge on any atom is -0.506 e. The Labute approximate surface area is 107 Å². The third-order valence-electron chi connectivity index (χ3n) is 3.43. The highest BCUT2D eigenvalue weighted by Crippen LogP contribution is 2.21. The highest BCUT2D eigenvalue weighted by atomic mass is 16.3. The van der Waals surface area contributed by atoms with Crippen LogP contribution in [0.25, 0.3) is 0 Å². The minimum atomic E-state index is 0.215. The van der Waals surface area contributed by atoms with Gasteiger partial charge in [-0.1, -0.05) is 24.3 Å². The lowest BCUT2D eigenvalue weighted by Gasteiger charge is -2.11. The molecule has 1 aromatic heterocycles. The first-order valence-electron chi connectivity index (χ1n) is 6.25. The summed E-state index contributed by atoms with van der Waals surface area (Å²) in [5.74, 6) is 0.215. The van der Waals surface area contributed by atoms with Crippen LogP contribution in [0, 0.1) is 0 Å². The van der Waals surface area contributed by atoms with Gasteiger partial charge in [-0.2, -0.15) is 0 Å². The molecule has 0 unspecified atom stereocenters. The van der Waals surface area contributed by atoms with Crippen LogP contribution in [0.1, 0.15) is 16.8 Å². The van der Waals surface area contributed by atoms with Gasteiger partial charge >= 0.3 is 0 Å². The molecule has 1 aliphatic carbocycles. The molecule has 3 nitrogen and oxygen atoms in total. The average molecular weight is 240 g/mol. The van der Waals surface area contributed by atoms with Crippen LogP contribution in [-0.2, 0) is 19.4 Å². The first-order valence-corrected chi connectivity index (χ1v) is 6.25. The molecule has 0 fully saturated rings. The lowest BCUT2D eigenvalue weighted by molar-refractivity contribution is 0.470. The van der Waals surface area contributed by atoms with Gasteiger partial charge in [0.15, 0.2) is 0 Å². The second-order valence-electron chi connectivity index (χ2n) is 4.76. The number of benzene rings is 1. The standard InChI is InChI=1S/C15H16N2O/c18-15-6-5-13(17-10-15)9-16-14-7-11-3-1-2-4-12(11)8-14/h1-6,10,14,16,18H,7-9H2. The fourth-order valence-electron chi connectivity index (χ4n) is 2.47. The van der Waals surface area contributed by atoms with Crippen molar-refractivity contribution in [2.45, 2.75) is 25.4 Å². The maximum absolute atomic E-state index is 9.17. The zero-order valence-corrected chi connectivity index (χ0v) is 10.1. The van der Waals surface area contributed by atoms with Crippen LogP contribution >= 0.6 is 0 Å². The molecule has 3 heteroatoms. The van der Waals surface area contributed by atoms with Gasteiger partial charge < -0.3 is 10.4 Å². The van der Waals surface area contributed by atoms with E-state index in [1.807, 2.05) is 6.07 Å². The Kier molecular flexibility index (Phi) is 2.99. The van der Waals surface area contributed by atoms with Crippen LogP contribution in [0.2, 0.25) is 0 Å². The molecular formula is C15H16N2O. The Morgan fingerprint density at radius 1 is 1.11 bits per heavy atom. The van der Waals surface area contributed by atoms with Gasteiger partial charge in [-0.05, 0) is 36.1 Å². The van der Waals surface area contributed by atoms with Gasteiger partial charge in [-0.25, -0.2) is 0 Å². The van der Waals surface area contributed by atoms with E-state index in [4.69, 9.17) is 0 Å². The van der Waals surface area contributed by atoms with Gasteiger partial charge in [0.05, 0.1) is 11.9 Å². The van der Waals surface area contributed by atoms with E-state index in [1.165, 1.54) is 17.3 Å². The highest BCUT2D eigenvalue weighted by Gasteiger charge is 2.20. The number of hydrogen-bond acceptors (Lipinski definition) is 3. The summed E-state index contributed by atoms with van der Waals surface area (Å²) in [5.41, 5.74) is 3.87. The van der Waals surface area contributed by atoms with Gasteiger partial charge in [0.25, 0.3) is 0 Å². The second kappa shape index (κ2) is 4.78.